The monoisotopic (exact) mass is 566 g/mol. The number of ether oxygens (including phenoxy) is 1. The van der Waals surface area contributed by atoms with Crippen molar-refractivity contribution in [3.05, 3.63) is 115 Å². The van der Waals surface area contributed by atoms with Crippen molar-refractivity contribution in [1.29, 1.82) is 0 Å². The van der Waals surface area contributed by atoms with Crippen LogP contribution in [0.25, 0.3) is 0 Å². The predicted octanol–water partition coefficient (Wildman–Crippen LogP) is 4.93. The van der Waals surface area contributed by atoms with Crippen LogP contribution >= 0.6 is 7.60 Å². The second-order valence-electron chi connectivity index (χ2n) is 8.18. The number of hydrogen-bond acceptors (Lipinski definition) is 7. The van der Waals surface area contributed by atoms with E-state index in [9.17, 15) is 13.0 Å². The number of aliphatic imine (C=N–C) groups is 1. The summed E-state index contributed by atoms with van der Waals surface area (Å²) in [4.78, 5) is 3.91. The lowest BCUT2D eigenvalue weighted by Gasteiger charge is -2.28. The minimum atomic E-state index is -4.37. The molecule has 0 saturated heterocycles. The number of nitrogens with two attached hydrogens (primary N) is 2. The fraction of sp³-hybridized carbons (Fsp3) is 0.0741. The van der Waals surface area contributed by atoms with Crippen molar-refractivity contribution >= 4 is 29.3 Å². The molecule has 0 aliphatic carbocycles. The second kappa shape index (κ2) is 12.0. The average Bonchev–Trinajstić information content (AvgIpc) is 2.93. The summed E-state index contributed by atoms with van der Waals surface area (Å²) in [5, 5.41) is 0. The minimum absolute atomic E-state index is 0.0728. The van der Waals surface area contributed by atoms with E-state index in [1.165, 1.54) is 31.4 Å². The molecule has 0 radical (unpaired) electrons. The van der Waals surface area contributed by atoms with E-state index in [2.05, 4.69) is 9.71 Å². The summed E-state index contributed by atoms with van der Waals surface area (Å²) in [5.74, 6) is -0.695. The number of sulfonamides is 1. The van der Waals surface area contributed by atoms with E-state index in [1.807, 2.05) is 0 Å². The number of para-hydroxylation sites is 2. The molecule has 4 rings (SSSR count). The van der Waals surface area contributed by atoms with Gasteiger partial charge in [0.1, 0.15) is 17.2 Å². The molecule has 0 amide bonds. The summed E-state index contributed by atoms with van der Waals surface area (Å²) in [5.41, 5.74) is 11.7. The Morgan fingerprint density at radius 2 is 1.28 bits per heavy atom. The molecule has 1 unspecified atom stereocenters. The Kier molecular flexibility index (Phi) is 8.55. The van der Waals surface area contributed by atoms with Crippen LogP contribution in [0.5, 0.6) is 17.2 Å². The van der Waals surface area contributed by atoms with Gasteiger partial charge in [0.25, 0.3) is 0 Å². The maximum atomic E-state index is 14.7. The molecule has 0 fully saturated rings. The van der Waals surface area contributed by atoms with Gasteiger partial charge in [0, 0.05) is 0 Å². The fourth-order valence-corrected chi connectivity index (χ4v) is 7.16. The van der Waals surface area contributed by atoms with Gasteiger partial charge in [0.05, 0.1) is 17.7 Å². The van der Waals surface area contributed by atoms with Gasteiger partial charge >= 0.3 is 7.60 Å². The van der Waals surface area contributed by atoms with Gasteiger partial charge in [0.15, 0.2) is 11.7 Å². The molecule has 0 aliphatic heterocycles. The van der Waals surface area contributed by atoms with E-state index in [0.29, 0.717) is 11.4 Å². The van der Waals surface area contributed by atoms with Gasteiger partial charge in [-0.15, -0.1) is 0 Å². The van der Waals surface area contributed by atoms with E-state index in [4.69, 9.17) is 25.3 Å². The van der Waals surface area contributed by atoms with Crippen molar-refractivity contribution in [2.75, 3.05) is 7.11 Å². The van der Waals surface area contributed by atoms with Crippen LogP contribution in [0.15, 0.2) is 119 Å². The van der Waals surface area contributed by atoms with Gasteiger partial charge in [0.2, 0.25) is 10.0 Å². The molecule has 4 aromatic rings. The number of rotatable bonds is 11. The molecule has 0 aromatic heterocycles. The van der Waals surface area contributed by atoms with Crippen molar-refractivity contribution in [2.45, 2.75) is 10.7 Å². The molecule has 5 N–H and O–H groups in total. The highest BCUT2D eigenvalue weighted by atomic mass is 32.2. The lowest BCUT2D eigenvalue weighted by atomic mass is 10.2. The zero-order chi connectivity index (χ0) is 27.9. The summed E-state index contributed by atoms with van der Waals surface area (Å²) in [6, 6.07) is 28.7. The molecule has 0 heterocycles. The van der Waals surface area contributed by atoms with E-state index < -0.39 is 23.4 Å². The number of nitrogens with one attached hydrogen (secondary N) is 1. The third kappa shape index (κ3) is 7.17. The van der Waals surface area contributed by atoms with Crippen LogP contribution in [0.3, 0.4) is 0 Å². The van der Waals surface area contributed by atoms with Crippen molar-refractivity contribution in [3.63, 3.8) is 0 Å². The van der Waals surface area contributed by atoms with Crippen LogP contribution in [-0.2, 0) is 14.6 Å². The Morgan fingerprint density at radius 3 is 1.74 bits per heavy atom. The maximum Gasteiger partial charge on any atom is 0.453 e. The Bertz CT molecular complexity index is 1520. The summed E-state index contributed by atoms with van der Waals surface area (Å²) in [6.45, 7) is 0. The summed E-state index contributed by atoms with van der Waals surface area (Å²) in [7, 11) is -7.13. The fourth-order valence-electron chi connectivity index (χ4n) is 3.55. The Morgan fingerprint density at radius 1 is 0.769 bits per heavy atom. The first kappa shape index (κ1) is 27.7. The van der Waals surface area contributed by atoms with Gasteiger partial charge in [-0.25, -0.2) is 18.0 Å². The molecule has 202 valence electrons. The molecular weight excluding hydrogens is 539 g/mol. The van der Waals surface area contributed by atoms with Crippen molar-refractivity contribution in [3.8, 4) is 17.2 Å². The molecular formula is C27H27N4O6PS. The Labute approximate surface area is 226 Å². The molecule has 10 nitrogen and oxygen atoms in total. The normalized spacial score (nSPS) is 12.2. The molecule has 0 spiro atoms. The minimum Gasteiger partial charge on any atom is -0.497 e. The number of nitrogens with zero attached hydrogens (tertiary/aromatic N) is 1. The molecule has 0 saturated carbocycles. The zero-order valence-corrected chi connectivity index (χ0v) is 22.6. The quantitative estimate of drug-likeness (QED) is 0.131. The van der Waals surface area contributed by atoms with Gasteiger partial charge in [-0.1, -0.05) is 48.5 Å². The van der Waals surface area contributed by atoms with Crippen LogP contribution in [0.4, 0.5) is 5.69 Å². The van der Waals surface area contributed by atoms with Gasteiger partial charge in [-0.2, -0.15) is 4.72 Å². The van der Waals surface area contributed by atoms with Crippen LogP contribution in [-0.4, -0.2) is 21.5 Å². The Hall–Kier alpha value is -4.31. The number of hydrogen-bond donors (Lipinski definition) is 3. The zero-order valence-electron chi connectivity index (χ0n) is 20.9. The molecule has 12 heteroatoms. The smallest absolute Gasteiger partial charge is 0.453 e. The highest BCUT2D eigenvalue weighted by Crippen LogP contribution is 2.59. The highest BCUT2D eigenvalue weighted by molar-refractivity contribution is 7.89. The van der Waals surface area contributed by atoms with E-state index >= 15 is 0 Å². The van der Waals surface area contributed by atoms with Crippen LogP contribution < -0.4 is 30.0 Å². The lowest BCUT2D eigenvalue weighted by molar-refractivity contribution is 0.368. The number of guanidine groups is 1. The standard InChI is InChI=1S/C27H27N4O6PS/c1-35-22-16-18-25(19-17-22)39(33,34)31-26(20-12-14-21(15-13-20)30-27(28)29)38(32,36-23-8-4-2-5-9-23)37-24-10-6-3-7-11-24/h2-19,26,31H,1H3,(H4,28,29,30). The van der Waals surface area contributed by atoms with Crippen LogP contribution in [0, 0.1) is 0 Å². The molecule has 1 atom stereocenters. The topological polar surface area (TPSA) is 155 Å². The van der Waals surface area contributed by atoms with Crippen molar-refractivity contribution < 1.29 is 26.8 Å². The number of benzene rings is 4. The van der Waals surface area contributed by atoms with E-state index in [0.717, 1.165) is 0 Å². The van der Waals surface area contributed by atoms with Crippen molar-refractivity contribution in [1.82, 2.24) is 4.72 Å². The Balaban J connectivity index is 1.83. The predicted molar refractivity (Wildman–Crippen MR) is 150 cm³/mol. The van der Waals surface area contributed by atoms with Gasteiger partial charge < -0.3 is 25.3 Å². The van der Waals surface area contributed by atoms with Gasteiger partial charge in [-0.3, -0.25) is 0 Å². The average molecular weight is 567 g/mol. The SMILES string of the molecule is COc1ccc(S(=O)(=O)NC(c2ccc(N=C(N)N)cc2)P(=O)(Oc2ccccc2)Oc2ccccc2)cc1. The molecule has 39 heavy (non-hydrogen) atoms. The lowest BCUT2D eigenvalue weighted by Crippen LogP contribution is -2.31. The van der Waals surface area contributed by atoms with E-state index in [-0.39, 0.29) is 27.9 Å². The van der Waals surface area contributed by atoms with Crippen LogP contribution in [0.2, 0.25) is 0 Å². The first-order chi connectivity index (χ1) is 18.7. The van der Waals surface area contributed by atoms with Crippen LogP contribution in [0.1, 0.15) is 11.3 Å². The summed E-state index contributed by atoms with van der Waals surface area (Å²) >= 11 is 0. The highest BCUT2D eigenvalue weighted by Gasteiger charge is 2.43. The van der Waals surface area contributed by atoms with Gasteiger partial charge in [-0.05, 0) is 66.2 Å². The molecule has 0 aliphatic rings. The second-order valence-corrected chi connectivity index (χ2v) is 11.9. The largest absolute Gasteiger partial charge is 0.497 e. The summed E-state index contributed by atoms with van der Waals surface area (Å²) < 4.78 is 61.3. The molecule has 4 aromatic carbocycles. The third-order valence-corrected chi connectivity index (χ3v) is 8.98. The first-order valence-corrected chi connectivity index (χ1v) is 14.7. The summed E-state index contributed by atoms with van der Waals surface area (Å²) in [6.07, 6.45) is 0. The third-order valence-electron chi connectivity index (χ3n) is 5.37. The van der Waals surface area contributed by atoms with Crippen molar-refractivity contribution in [2.24, 2.45) is 16.5 Å². The number of methoxy groups -OCH3 is 1. The van der Waals surface area contributed by atoms with E-state index in [1.54, 1.807) is 84.9 Å². The first-order valence-electron chi connectivity index (χ1n) is 11.6. The molecule has 0 bridgehead atoms. The maximum absolute atomic E-state index is 14.7.